The summed E-state index contributed by atoms with van der Waals surface area (Å²) in [4.78, 5) is 30.1. The lowest BCUT2D eigenvalue weighted by atomic mass is 10.3. The summed E-state index contributed by atoms with van der Waals surface area (Å²) in [5.74, 6) is -1.71. The quantitative estimate of drug-likeness (QED) is 0.247. The first-order chi connectivity index (χ1) is 15.7. The lowest BCUT2D eigenvalue weighted by Crippen LogP contribution is -2.23. The molecule has 1 heterocycles. The Kier molecular flexibility index (Phi) is 8.44. The van der Waals surface area contributed by atoms with E-state index in [2.05, 4.69) is 4.99 Å². The molecule has 0 fully saturated rings. The van der Waals surface area contributed by atoms with Crippen molar-refractivity contribution in [3.63, 3.8) is 0 Å². The van der Waals surface area contributed by atoms with Crippen LogP contribution in [0.3, 0.4) is 0 Å². The Hall–Kier alpha value is -2.50. The maximum absolute atomic E-state index is 13.0. The lowest BCUT2D eigenvalue weighted by molar-refractivity contribution is -0.143. The van der Waals surface area contributed by atoms with Crippen LogP contribution in [0, 0.1) is 5.82 Å². The van der Waals surface area contributed by atoms with Crippen LogP contribution in [0.4, 0.5) is 4.39 Å². The second-order valence-corrected chi connectivity index (χ2v) is 11.0. The van der Waals surface area contributed by atoms with E-state index in [0.717, 1.165) is 27.2 Å². The average molecular weight is 511 g/mol. The molecule has 2 aromatic carbocycles. The summed E-state index contributed by atoms with van der Waals surface area (Å²) in [5, 5.41) is 0. The number of esters is 1. The number of thiazole rings is 1. The number of fused-ring (bicyclic) bond motifs is 1. The number of sulfone groups is 1. The van der Waals surface area contributed by atoms with Gasteiger partial charge in [0.2, 0.25) is 5.91 Å². The number of nitrogens with zero attached hydrogens (tertiary/aromatic N) is 2. The van der Waals surface area contributed by atoms with E-state index in [1.165, 1.54) is 23.5 Å². The number of carbonyl (C=O) groups excluding carboxylic acids is 2. The van der Waals surface area contributed by atoms with Crippen LogP contribution in [-0.4, -0.2) is 43.5 Å². The Balaban J connectivity index is 1.79. The van der Waals surface area contributed by atoms with E-state index in [-0.39, 0.29) is 36.6 Å². The molecule has 176 valence electrons. The van der Waals surface area contributed by atoms with Crippen molar-refractivity contribution in [3.8, 4) is 0 Å². The van der Waals surface area contributed by atoms with E-state index in [1.54, 1.807) is 23.3 Å². The van der Waals surface area contributed by atoms with Gasteiger partial charge in [-0.1, -0.05) is 11.3 Å². The minimum absolute atomic E-state index is 0.00895. The number of carbonyl (C=O) groups is 2. The van der Waals surface area contributed by atoms with Crippen LogP contribution < -0.4 is 4.80 Å². The van der Waals surface area contributed by atoms with Gasteiger partial charge in [-0.05, 0) is 62.1 Å². The number of halogens is 1. The van der Waals surface area contributed by atoms with Gasteiger partial charge in [-0.3, -0.25) is 9.59 Å². The van der Waals surface area contributed by atoms with Crippen LogP contribution in [0.2, 0.25) is 0 Å². The van der Waals surface area contributed by atoms with Gasteiger partial charge in [0.25, 0.3) is 0 Å². The number of rotatable bonds is 9. The summed E-state index contributed by atoms with van der Waals surface area (Å²) in [5.41, 5.74) is 0.760. The molecule has 0 saturated carbocycles. The van der Waals surface area contributed by atoms with Gasteiger partial charge in [0.1, 0.15) is 12.4 Å². The summed E-state index contributed by atoms with van der Waals surface area (Å²) in [6.45, 7) is 1.87. The van der Waals surface area contributed by atoms with Crippen molar-refractivity contribution in [1.82, 2.24) is 4.57 Å². The van der Waals surface area contributed by atoms with E-state index in [1.807, 2.05) is 24.5 Å². The summed E-state index contributed by atoms with van der Waals surface area (Å²) in [6.07, 6.45) is 1.95. The maximum atomic E-state index is 13.0. The number of aromatic nitrogens is 1. The number of amides is 1. The Morgan fingerprint density at radius 3 is 2.58 bits per heavy atom. The van der Waals surface area contributed by atoms with Gasteiger partial charge in [-0.2, -0.15) is 4.99 Å². The molecule has 33 heavy (non-hydrogen) atoms. The molecule has 7 nitrogen and oxygen atoms in total. The van der Waals surface area contributed by atoms with Crippen molar-refractivity contribution in [2.75, 3.05) is 18.6 Å². The normalized spacial score (nSPS) is 12.3. The van der Waals surface area contributed by atoms with Crippen molar-refractivity contribution < 1.29 is 27.1 Å². The second kappa shape index (κ2) is 11.1. The third-order valence-electron chi connectivity index (χ3n) is 4.68. The van der Waals surface area contributed by atoms with Crippen molar-refractivity contribution >= 4 is 55.0 Å². The summed E-state index contributed by atoms with van der Waals surface area (Å²) >= 11 is 2.86. The Morgan fingerprint density at radius 1 is 1.18 bits per heavy atom. The predicted octanol–water partition coefficient (Wildman–Crippen LogP) is 3.81. The van der Waals surface area contributed by atoms with Gasteiger partial charge < -0.3 is 9.30 Å². The Morgan fingerprint density at radius 2 is 1.91 bits per heavy atom. The number of ether oxygens (including phenoxy) is 1. The van der Waals surface area contributed by atoms with E-state index >= 15 is 0 Å². The van der Waals surface area contributed by atoms with Crippen molar-refractivity contribution in [2.24, 2.45) is 4.99 Å². The maximum Gasteiger partial charge on any atom is 0.326 e. The molecule has 0 aliphatic carbocycles. The van der Waals surface area contributed by atoms with Crippen LogP contribution in [0.15, 0.2) is 57.2 Å². The highest BCUT2D eigenvalue weighted by molar-refractivity contribution is 7.98. The summed E-state index contributed by atoms with van der Waals surface area (Å²) in [7, 11) is -3.63. The molecule has 1 amide bonds. The molecular weight excluding hydrogens is 487 g/mol. The average Bonchev–Trinajstić information content (AvgIpc) is 3.09. The van der Waals surface area contributed by atoms with E-state index < -0.39 is 27.5 Å². The van der Waals surface area contributed by atoms with Crippen LogP contribution in [0.5, 0.6) is 0 Å². The Labute approximate surface area is 199 Å². The largest absolute Gasteiger partial charge is 0.465 e. The van der Waals surface area contributed by atoms with Gasteiger partial charge in [0.15, 0.2) is 14.6 Å². The van der Waals surface area contributed by atoms with Crippen LogP contribution in [0.25, 0.3) is 10.2 Å². The standard InChI is InChI=1S/C22H23FN2O5S3/c1-3-30-21(27)14-25-18-11-8-16(31-2)13-19(18)32-22(25)24-20(26)5-4-12-33(28,29)17-9-6-15(23)7-10-17/h6-11,13H,3-5,12,14H2,1-2H3. The number of hydrogen-bond donors (Lipinski definition) is 0. The first-order valence-electron chi connectivity index (χ1n) is 10.1. The molecule has 0 aliphatic rings. The first kappa shape index (κ1) is 25.1. The molecule has 1 aromatic heterocycles. The zero-order valence-electron chi connectivity index (χ0n) is 18.1. The molecule has 0 spiro atoms. The van der Waals surface area contributed by atoms with Crippen LogP contribution >= 0.6 is 23.1 Å². The number of benzene rings is 2. The zero-order chi connectivity index (χ0) is 24.0. The van der Waals surface area contributed by atoms with Crippen molar-refractivity contribution in [3.05, 3.63) is 53.1 Å². The molecule has 0 N–H and O–H groups in total. The minimum Gasteiger partial charge on any atom is -0.465 e. The molecule has 0 unspecified atom stereocenters. The fourth-order valence-corrected chi connectivity index (χ4v) is 6.00. The summed E-state index contributed by atoms with van der Waals surface area (Å²) in [6, 6.07) is 10.3. The molecule has 0 bridgehead atoms. The third kappa shape index (κ3) is 6.52. The number of thioether (sulfide) groups is 1. The second-order valence-electron chi connectivity index (χ2n) is 6.99. The fraction of sp³-hybridized carbons (Fsp3) is 0.318. The molecular formula is C22H23FN2O5S3. The SMILES string of the molecule is CCOC(=O)Cn1c(=NC(=O)CCCS(=O)(=O)c2ccc(F)cc2)sc2cc(SC)ccc21. The minimum atomic E-state index is -3.63. The third-order valence-corrected chi connectivity index (χ3v) is 8.26. The van der Waals surface area contributed by atoms with Crippen LogP contribution in [-0.2, 0) is 30.7 Å². The molecule has 3 aromatic rings. The summed E-state index contributed by atoms with van der Waals surface area (Å²) < 4.78 is 45.3. The number of hydrogen-bond acceptors (Lipinski definition) is 7. The van der Waals surface area contributed by atoms with Crippen molar-refractivity contribution in [1.29, 1.82) is 0 Å². The van der Waals surface area contributed by atoms with Gasteiger partial charge in [-0.15, -0.1) is 11.8 Å². The monoisotopic (exact) mass is 510 g/mol. The molecule has 0 saturated heterocycles. The van der Waals surface area contributed by atoms with Gasteiger partial charge in [-0.25, -0.2) is 12.8 Å². The highest BCUT2D eigenvalue weighted by atomic mass is 32.2. The predicted molar refractivity (Wildman–Crippen MR) is 126 cm³/mol. The van der Waals surface area contributed by atoms with E-state index in [4.69, 9.17) is 4.74 Å². The molecule has 0 radical (unpaired) electrons. The first-order valence-corrected chi connectivity index (χ1v) is 13.8. The zero-order valence-corrected chi connectivity index (χ0v) is 20.6. The van der Waals surface area contributed by atoms with Gasteiger partial charge in [0.05, 0.1) is 27.5 Å². The van der Waals surface area contributed by atoms with E-state index in [9.17, 15) is 22.4 Å². The highest BCUT2D eigenvalue weighted by Gasteiger charge is 2.16. The van der Waals surface area contributed by atoms with E-state index in [0.29, 0.717) is 4.80 Å². The van der Waals surface area contributed by atoms with Gasteiger partial charge >= 0.3 is 5.97 Å². The molecule has 0 atom stereocenters. The highest BCUT2D eigenvalue weighted by Crippen LogP contribution is 2.24. The lowest BCUT2D eigenvalue weighted by Gasteiger charge is -2.05. The fourth-order valence-electron chi connectivity index (χ4n) is 3.09. The van der Waals surface area contributed by atoms with Crippen molar-refractivity contribution in [2.45, 2.75) is 36.1 Å². The van der Waals surface area contributed by atoms with Crippen LogP contribution in [0.1, 0.15) is 19.8 Å². The molecule has 3 rings (SSSR count). The Bertz CT molecular complexity index is 1330. The molecule has 11 heteroatoms. The topological polar surface area (TPSA) is 94.8 Å². The smallest absolute Gasteiger partial charge is 0.326 e. The van der Waals surface area contributed by atoms with Gasteiger partial charge in [0, 0.05) is 11.3 Å². The molecule has 0 aliphatic heterocycles.